The number of fused-ring (bicyclic) bond motifs is 1. The third-order valence-corrected chi connectivity index (χ3v) is 4.77. The van der Waals surface area contributed by atoms with Gasteiger partial charge in [-0.05, 0) is 53.9 Å². The highest BCUT2D eigenvalue weighted by Gasteiger charge is 2.20. The molecule has 1 aromatic heterocycles. The molecular weight excluding hydrogens is 440 g/mol. The summed E-state index contributed by atoms with van der Waals surface area (Å²) in [6.07, 6.45) is 0. The summed E-state index contributed by atoms with van der Waals surface area (Å²) in [5.74, 6) is 0.862. The van der Waals surface area contributed by atoms with Crippen molar-refractivity contribution < 1.29 is 9.52 Å². The minimum atomic E-state index is 0.163. The maximum atomic E-state index is 10.2. The number of benzene rings is 2. The van der Waals surface area contributed by atoms with Gasteiger partial charge in [0.2, 0.25) is 0 Å². The molecule has 0 fully saturated rings. The molecule has 0 amide bonds. The molecule has 0 bridgehead atoms. The SMILES string of the molecule is Oc1c(Br)cc(Br)c2oc(-c3ccccc3)c(Br)c12. The van der Waals surface area contributed by atoms with Crippen molar-refractivity contribution in [3.05, 3.63) is 49.8 Å². The second-order valence-corrected chi connectivity index (χ2v) is 6.51. The highest BCUT2D eigenvalue weighted by Crippen LogP contribution is 2.47. The van der Waals surface area contributed by atoms with Crippen LogP contribution in [0.4, 0.5) is 0 Å². The summed E-state index contributed by atoms with van der Waals surface area (Å²) in [4.78, 5) is 0. The zero-order chi connectivity index (χ0) is 13.6. The summed E-state index contributed by atoms with van der Waals surface area (Å²) in [6.45, 7) is 0. The second-order valence-electron chi connectivity index (χ2n) is 4.00. The van der Waals surface area contributed by atoms with Gasteiger partial charge >= 0.3 is 0 Å². The topological polar surface area (TPSA) is 33.4 Å². The van der Waals surface area contributed by atoms with Gasteiger partial charge in [-0.25, -0.2) is 0 Å². The Morgan fingerprint density at radius 1 is 0.947 bits per heavy atom. The lowest BCUT2D eigenvalue weighted by atomic mass is 10.1. The molecule has 1 N–H and O–H groups in total. The zero-order valence-corrected chi connectivity index (χ0v) is 14.2. The number of hydrogen-bond donors (Lipinski definition) is 1. The summed E-state index contributed by atoms with van der Waals surface area (Å²) in [5.41, 5.74) is 1.57. The maximum absolute atomic E-state index is 10.2. The Kier molecular flexibility index (Phi) is 3.45. The van der Waals surface area contributed by atoms with Crippen molar-refractivity contribution in [3.63, 3.8) is 0 Å². The fourth-order valence-electron chi connectivity index (χ4n) is 1.93. The summed E-state index contributed by atoms with van der Waals surface area (Å²) in [6, 6.07) is 11.5. The predicted molar refractivity (Wildman–Crippen MR) is 86.4 cm³/mol. The molecule has 0 spiro atoms. The van der Waals surface area contributed by atoms with E-state index in [-0.39, 0.29) is 5.75 Å². The monoisotopic (exact) mass is 444 g/mol. The second kappa shape index (κ2) is 4.96. The van der Waals surface area contributed by atoms with Crippen molar-refractivity contribution in [2.24, 2.45) is 0 Å². The van der Waals surface area contributed by atoms with Crippen LogP contribution < -0.4 is 0 Å². The van der Waals surface area contributed by atoms with Crippen LogP contribution in [-0.2, 0) is 0 Å². The van der Waals surface area contributed by atoms with E-state index >= 15 is 0 Å². The van der Waals surface area contributed by atoms with Crippen LogP contribution in [0.1, 0.15) is 0 Å². The van der Waals surface area contributed by atoms with Crippen LogP contribution >= 0.6 is 47.8 Å². The molecule has 0 saturated carbocycles. The number of aromatic hydroxyl groups is 1. The van der Waals surface area contributed by atoms with Gasteiger partial charge in [0.05, 0.1) is 18.8 Å². The van der Waals surface area contributed by atoms with E-state index in [1.54, 1.807) is 6.07 Å². The minimum Gasteiger partial charge on any atom is -0.506 e. The molecule has 2 nitrogen and oxygen atoms in total. The smallest absolute Gasteiger partial charge is 0.154 e. The van der Waals surface area contributed by atoms with E-state index in [4.69, 9.17) is 4.42 Å². The molecule has 0 aliphatic rings. The lowest BCUT2D eigenvalue weighted by Gasteiger charge is -2.00. The molecule has 0 saturated heterocycles. The number of hydrogen-bond acceptors (Lipinski definition) is 2. The number of phenols is 1. The van der Waals surface area contributed by atoms with Crippen molar-refractivity contribution in [3.8, 4) is 17.1 Å². The minimum absolute atomic E-state index is 0.163. The standard InChI is InChI=1S/C14H7Br3O2/c15-8-6-9(16)14-10(12(8)18)11(17)13(19-14)7-4-2-1-3-5-7/h1-6,18H. The molecule has 1 heterocycles. The first-order chi connectivity index (χ1) is 9.09. The van der Waals surface area contributed by atoms with Gasteiger partial charge in [-0.1, -0.05) is 30.3 Å². The molecule has 0 aliphatic carbocycles. The lowest BCUT2D eigenvalue weighted by molar-refractivity contribution is 0.477. The summed E-state index contributed by atoms with van der Waals surface area (Å²) in [5, 5.41) is 10.8. The van der Waals surface area contributed by atoms with Crippen LogP contribution in [0.2, 0.25) is 0 Å². The van der Waals surface area contributed by atoms with Gasteiger partial charge in [0.25, 0.3) is 0 Å². The largest absolute Gasteiger partial charge is 0.506 e. The van der Waals surface area contributed by atoms with Crippen molar-refractivity contribution >= 4 is 58.8 Å². The summed E-state index contributed by atoms with van der Waals surface area (Å²) < 4.78 is 8.03. The Hall–Kier alpha value is -0.780. The predicted octanol–water partition coefficient (Wildman–Crippen LogP) is 6.09. The molecule has 3 aromatic rings. The number of furan rings is 1. The first kappa shape index (κ1) is 13.2. The van der Waals surface area contributed by atoms with Gasteiger partial charge in [0, 0.05) is 5.56 Å². The zero-order valence-electron chi connectivity index (χ0n) is 9.45. The number of halogens is 3. The third kappa shape index (κ3) is 2.14. The summed E-state index contributed by atoms with van der Waals surface area (Å²) >= 11 is 10.3. The molecule has 0 unspecified atom stereocenters. The Balaban J connectivity index is 2.39. The fraction of sp³-hybridized carbons (Fsp3) is 0. The Morgan fingerprint density at radius 3 is 2.32 bits per heavy atom. The molecular formula is C14H7Br3O2. The Labute approximate surface area is 134 Å². The van der Waals surface area contributed by atoms with Crippen LogP contribution in [-0.4, -0.2) is 5.11 Å². The van der Waals surface area contributed by atoms with E-state index in [1.807, 2.05) is 30.3 Å². The molecule has 0 atom stereocenters. The maximum Gasteiger partial charge on any atom is 0.154 e. The quantitative estimate of drug-likeness (QED) is 0.490. The first-order valence-corrected chi connectivity index (χ1v) is 7.82. The molecule has 19 heavy (non-hydrogen) atoms. The summed E-state index contributed by atoms with van der Waals surface area (Å²) in [7, 11) is 0. The van der Waals surface area contributed by atoms with Crippen LogP contribution in [0, 0.1) is 0 Å². The van der Waals surface area contributed by atoms with Crippen LogP contribution in [0.25, 0.3) is 22.3 Å². The van der Waals surface area contributed by atoms with Gasteiger partial charge < -0.3 is 9.52 Å². The van der Waals surface area contributed by atoms with E-state index < -0.39 is 0 Å². The van der Waals surface area contributed by atoms with E-state index in [9.17, 15) is 5.11 Å². The van der Waals surface area contributed by atoms with Crippen LogP contribution in [0.5, 0.6) is 5.75 Å². The molecule has 0 radical (unpaired) electrons. The van der Waals surface area contributed by atoms with Crippen LogP contribution in [0.3, 0.4) is 0 Å². The molecule has 5 heteroatoms. The highest BCUT2D eigenvalue weighted by molar-refractivity contribution is 9.11. The van der Waals surface area contributed by atoms with E-state index in [0.29, 0.717) is 21.2 Å². The van der Waals surface area contributed by atoms with E-state index in [2.05, 4.69) is 47.8 Å². The van der Waals surface area contributed by atoms with E-state index in [0.717, 1.165) is 14.5 Å². The molecule has 3 rings (SSSR count). The molecule has 96 valence electrons. The van der Waals surface area contributed by atoms with E-state index in [1.165, 1.54) is 0 Å². The van der Waals surface area contributed by atoms with Gasteiger partial charge in [-0.3, -0.25) is 0 Å². The lowest BCUT2D eigenvalue weighted by Crippen LogP contribution is -1.74. The van der Waals surface area contributed by atoms with Crippen molar-refractivity contribution in [1.29, 1.82) is 0 Å². The van der Waals surface area contributed by atoms with Gasteiger partial charge in [0.1, 0.15) is 11.5 Å². The average Bonchev–Trinajstić information content (AvgIpc) is 2.76. The Bertz CT molecular complexity index is 763. The highest BCUT2D eigenvalue weighted by atomic mass is 79.9. The Morgan fingerprint density at radius 2 is 1.63 bits per heavy atom. The number of phenolic OH excluding ortho intramolecular Hbond substituents is 1. The van der Waals surface area contributed by atoms with Crippen molar-refractivity contribution in [2.45, 2.75) is 0 Å². The fourth-order valence-corrected chi connectivity index (χ4v) is 3.85. The molecule has 0 aliphatic heterocycles. The van der Waals surface area contributed by atoms with Crippen LogP contribution in [0.15, 0.2) is 54.2 Å². The normalized spacial score (nSPS) is 11.1. The number of rotatable bonds is 1. The first-order valence-electron chi connectivity index (χ1n) is 5.44. The molecule has 2 aromatic carbocycles. The third-order valence-electron chi connectivity index (χ3n) is 2.82. The van der Waals surface area contributed by atoms with Gasteiger partial charge in [0.15, 0.2) is 5.58 Å². The van der Waals surface area contributed by atoms with Gasteiger partial charge in [-0.2, -0.15) is 0 Å². The van der Waals surface area contributed by atoms with Gasteiger partial charge in [-0.15, -0.1) is 0 Å². The van der Waals surface area contributed by atoms with Crippen molar-refractivity contribution in [2.75, 3.05) is 0 Å². The van der Waals surface area contributed by atoms with Crippen molar-refractivity contribution in [1.82, 2.24) is 0 Å². The average molecular weight is 447 g/mol.